The molecule has 3 heterocycles. The third-order valence-corrected chi connectivity index (χ3v) is 6.02. The van der Waals surface area contributed by atoms with Crippen LogP contribution in [-0.4, -0.2) is 68.0 Å². The van der Waals surface area contributed by atoms with Crippen molar-refractivity contribution in [2.24, 2.45) is 0 Å². The van der Waals surface area contributed by atoms with Crippen LogP contribution in [0, 0.1) is 0 Å². The Bertz CT molecular complexity index is 1100. The van der Waals surface area contributed by atoms with Crippen LogP contribution in [0.2, 0.25) is 0 Å². The molecule has 1 aromatic heterocycles. The number of hydrogen-bond donors (Lipinski definition) is 1. The number of nitrogens with zero attached hydrogens (tertiary/aromatic N) is 3. The fraction of sp³-hybridized carbons (Fsp3) is 0.440. The van der Waals surface area contributed by atoms with Gasteiger partial charge in [0.25, 0.3) is 0 Å². The molecule has 33 heavy (non-hydrogen) atoms. The van der Waals surface area contributed by atoms with Crippen LogP contribution in [0.25, 0.3) is 10.9 Å². The van der Waals surface area contributed by atoms with E-state index >= 15 is 0 Å². The third kappa shape index (κ3) is 5.29. The first-order chi connectivity index (χ1) is 16.3. The van der Waals surface area contributed by atoms with E-state index in [0.29, 0.717) is 12.5 Å². The van der Waals surface area contributed by atoms with Gasteiger partial charge in [0.1, 0.15) is 11.5 Å². The summed E-state index contributed by atoms with van der Waals surface area (Å²) in [5.41, 5.74) is 3.16. The average molecular weight is 451 g/mol. The molecule has 5 rings (SSSR count). The minimum Gasteiger partial charge on any atom is -0.493 e. The van der Waals surface area contributed by atoms with Gasteiger partial charge in [0, 0.05) is 37.9 Å². The molecule has 0 atom stereocenters. The molecule has 8 nitrogen and oxygen atoms in total. The van der Waals surface area contributed by atoms with Gasteiger partial charge in [-0.05, 0) is 55.2 Å². The molecule has 8 heteroatoms. The monoisotopic (exact) mass is 450 g/mol. The summed E-state index contributed by atoms with van der Waals surface area (Å²) >= 11 is 0. The highest BCUT2D eigenvalue weighted by Crippen LogP contribution is 2.33. The van der Waals surface area contributed by atoms with Crippen LogP contribution in [0.15, 0.2) is 36.4 Å². The summed E-state index contributed by atoms with van der Waals surface area (Å²) in [7, 11) is 1.56. The maximum Gasteiger partial charge on any atom is 0.320 e. The summed E-state index contributed by atoms with van der Waals surface area (Å²) in [6.45, 7) is 6.31. The van der Waals surface area contributed by atoms with E-state index in [0.717, 1.165) is 81.1 Å². The molecule has 2 aliphatic heterocycles. The molecule has 0 saturated carbocycles. The van der Waals surface area contributed by atoms with E-state index in [2.05, 4.69) is 32.3 Å². The highest BCUT2D eigenvalue weighted by atomic mass is 16.5. The lowest BCUT2D eigenvalue weighted by Crippen LogP contribution is -2.37. The SMILES string of the molecule is COc1nc(Oc2ccc3c(c2)CCCN3)c2ccc(OCCCN3CCOCC3)cc2n1. The van der Waals surface area contributed by atoms with Crippen molar-refractivity contribution >= 4 is 16.6 Å². The predicted molar refractivity (Wildman–Crippen MR) is 127 cm³/mol. The molecule has 0 aliphatic carbocycles. The number of hydrogen-bond acceptors (Lipinski definition) is 8. The van der Waals surface area contributed by atoms with E-state index in [1.165, 1.54) is 11.3 Å². The Hall–Kier alpha value is -3.10. The number of nitrogens with one attached hydrogen (secondary N) is 1. The standard InChI is InChI=1S/C25H30N4O4/c1-30-25-27-23-17-19(32-13-3-10-29-11-14-31-15-12-29)5-7-21(23)24(28-25)33-20-6-8-22-18(16-20)4-2-9-26-22/h5-8,16-17,26H,2-4,9-15H2,1H3. The molecule has 0 unspecified atom stereocenters. The number of aryl methyl sites for hydroxylation is 1. The van der Waals surface area contributed by atoms with Crippen LogP contribution in [0.3, 0.4) is 0 Å². The van der Waals surface area contributed by atoms with Crippen molar-refractivity contribution in [1.29, 1.82) is 0 Å². The Morgan fingerprint density at radius 2 is 1.94 bits per heavy atom. The van der Waals surface area contributed by atoms with Crippen molar-refractivity contribution in [2.75, 3.05) is 58.4 Å². The molecule has 0 spiro atoms. The van der Waals surface area contributed by atoms with Crippen molar-refractivity contribution in [3.63, 3.8) is 0 Å². The summed E-state index contributed by atoms with van der Waals surface area (Å²) in [6.07, 6.45) is 3.13. The average Bonchev–Trinajstić information content (AvgIpc) is 2.87. The maximum absolute atomic E-state index is 6.19. The number of fused-ring (bicyclic) bond motifs is 2. The molecule has 0 radical (unpaired) electrons. The largest absolute Gasteiger partial charge is 0.493 e. The van der Waals surface area contributed by atoms with Crippen LogP contribution in [0.5, 0.6) is 23.4 Å². The quantitative estimate of drug-likeness (QED) is 0.518. The lowest BCUT2D eigenvalue weighted by Gasteiger charge is -2.26. The third-order valence-electron chi connectivity index (χ3n) is 6.02. The second-order valence-corrected chi connectivity index (χ2v) is 8.30. The van der Waals surface area contributed by atoms with Gasteiger partial charge in [-0.15, -0.1) is 0 Å². The highest BCUT2D eigenvalue weighted by molar-refractivity contribution is 5.85. The highest BCUT2D eigenvalue weighted by Gasteiger charge is 2.15. The van der Waals surface area contributed by atoms with E-state index in [1.54, 1.807) is 7.11 Å². The van der Waals surface area contributed by atoms with Crippen LogP contribution in [0.4, 0.5) is 5.69 Å². The summed E-state index contributed by atoms with van der Waals surface area (Å²) in [6, 6.07) is 12.2. The Balaban J connectivity index is 1.29. The molecule has 2 aromatic carbocycles. The summed E-state index contributed by atoms with van der Waals surface area (Å²) < 4.78 is 22.9. The first-order valence-corrected chi connectivity index (χ1v) is 11.6. The van der Waals surface area contributed by atoms with Crippen LogP contribution < -0.4 is 19.5 Å². The van der Waals surface area contributed by atoms with Gasteiger partial charge < -0.3 is 24.3 Å². The van der Waals surface area contributed by atoms with Crippen molar-refractivity contribution in [3.8, 4) is 23.4 Å². The van der Waals surface area contributed by atoms with Gasteiger partial charge in [-0.1, -0.05) is 0 Å². The molecule has 1 N–H and O–H groups in total. The summed E-state index contributed by atoms with van der Waals surface area (Å²) in [4.78, 5) is 11.4. The molecule has 2 aliphatic rings. The fourth-order valence-electron chi connectivity index (χ4n) is 4.25. The number of ether oxygens (including phenoxy) is 4. The molecular weight excluding hydrogens is 420 g/mol. The smallest absolute Gasteiger partial charge is 0.320 e. The molecular formula is C25H30N4O4. The number of methoxy groups -OCH3 is 1. The van der Waals surface area contributed by atoms with Crippen molar-refractivity contribution in [3.05, 3.63) is 42.0 Å². The van der Waals surface area contributed by atoms with Crippen LogP contribution >= 0.6 is 0 Å². The molecule has 0 amide bonds. The van der Waals surface area contributed by atoms with Gasteiger partial charge in [0.2, 0.25) is 5.88 Å². The molecule has 1 saturated heterocycles. The molecule has 3 aromatic rings. The van der Waals surface area contributed by atoms with E-state index in [-0.39, 0.29) is 6.01 Å². The maximum atomic E-state index is 6.19. The van der Waals surface area contributed by atoms with Gasteiger partial charge in [0.05, 0.1) is 37.8 Å². The molecule has 174 valence electrons. The summed E-state index contributed by atoms with van der Waals surface area (Å²) in [5.74, 6) is 2.00. The Kier molecular flexibility index (Phi) is 6.73. The van der Waals surface area contributed by atoms with Crippen LogP contribution in [0.1, 0.15) is 18.4 Å². The van der Waals surface area contributed by atoms with E-state index in [1.807, 2.05) is 24.3 Å². The lowest BCUT2D eigenvalue weighted by molar-refractivity contribution is 0.0358. The van der Waals surface area contributed by atoms with E-state index in [9.17, 15) is 0 Å². The van der Waals surface area contributed by atoms with Gasteiger partial charge in [-0.25, -0.2) is 0 Å². The molecule has 1 fully saturated rings. The topological polar surface area (TPSA) is 78.0 Å². The zero-order valence-electron chi connectivity index (χ0n) is 19.0. The van der Waals surface area contributed by atoms with Gasteiger partial charge in [-0.3, -0.25) is 4.90 Å². The second kappa shape index (κ2) is 10.2. The lowest BCUT2D eigenvalue weighted by atomic mass is 10.0. The van der Waals surface area contributed by atoms with Crippen LogP contribution in [-0.2, 0) is 11.2 Å². The summed E-state index contributed by atoms with van der Waals surface area (Å²) in [5, 5.41) is 4.24. The Labute approximate surface area is 193 Å². The van der Waals surface area contributed by atoms with Gasteiger partial charge >= 0.3 is 6.01 Å². The second-order valence-electron chi connectivity index (χ2n) is 8.30. The number of morpholine rings is 1. The van der Waals surface area contributed by atoms with Crippen molar-refractivity contribution in [2.45, 2.75) is 19.3 Å². The zero-order valence-corrected chi connectivity index (χ0v) is 19.0. The van der Waals surface area contributed by atoms with Gasteiger partial charge in [0.15, 0.2) is 0 Å². The first-order valence-electron chi connectivity index (χ1n) is 11.6. The Morgan fingerprint density at radius 3 is 2.82 bits per heavy atom. The van der Waals surface area contributed by atoms with E-state index < -0.39 is 0 Å². The predicted octanol–water partition coefficient (Wildman–Crippen LogP) is 3.89. The number of rotatable bonds is 8. The minimum absolute atomic E-state index is 0.265. The number of anilines is 1. The zero-order chi connectivity index (χ0) is 22.5. The first kappa shape index (κ1) is 21.7. The van der Waals surface area contributed by atoms with Crippen molar-refractivity contribution in [1.82, 2.24) is 14.9 Å². The number of benzene rings is 2. The normalized spacial score (nSPS) is 16.2. The Morgan fingerprint density at radius 1 is 1.06 bits per heavy atom. The van der Waals surface area contributed by atoms with E-state index in [4.69, 9.17) is 18.9 Å². The van der Waals surface area contributed by atoms with Gasteiger partial charge in [-0.2, -0.15) is 9.97 Å². The number of aromatic nitrogens is 2. The molecule has 0 bridgehead atoms. The fourth-order valence-corrected chi connectivity index (χ4v) is 4.25. The van der Waals surface area contributed by atoms with Crippen molar-refractivity contribution < 1.29 is 18.9 Å². The minimum atomic E-state index is 0.265.